The summed E-state index contributed by atoms with van der Waals surface area (Å²) in [5, 5.41) is 0.914. The lowest BCUT2D eigenvalue weighted by Gasteiger charge is -2.15. The number of hydrogen-bond donors (Lipinski definition) is 0. The standard InChI is InChI=1S/C20H18N2O2/c1-13(2)12-22-16-9-8-15-10-11-24-19(15)17(16)18(21-20(22)23)14-6-4-3-5-7-14/h3-9H,1,10-12H2,2H3. The number of rotatable bonds is 3. The maximum Gasteiger partial charge on any atom is 0.348 e. The van der Waals surface area contributed by atoms with Crippen LogP contribution in [0.4, 0.5) is 0 Å². The van der Waals surface area contributed by atoms with E-state index in [9.17, 15) is 4.79 Å². The average Bonchev–Trinajstić information content (AvgIpc) is 3.06. The molecule has 0 bridgehead atoms. The van der Waals surface area contributed by atoms with Gasteiger partial charge in [-0.3, -0.25) is 4.57 Å². The average molecular weight is 318 g/mol. The van der Waals surface area contributed by atoms with Crippen LogP contribution in [0.25, 0.3) is 22.2 Å². The number of ether oxygens (including phenoxy) is 1. The summed E-state index contributed by atoms with van der Waals surface area (Å²) in [5.41, 5.74) is 4.27. The van der Waals surface area contributed by atoms with Gasteiger partial charge in [-0.05, 0) is 18.6 Å². The summed E-state index contributed by atoms with van der Waals surface area (Å²) in [6.45, 7) is 6.97. The molecule has 1 aliphatic heterocycles. The first kappa shape index (κ1) is 14.7. The molecule has 3 aromatic rings. The Kier molecular flexibility index (Phi) is 3.45. The summed E-state index contributed by atoms with van der Waals surface area (Å²) >= 11 is 0. The molecule has 120 valence electrons. The number of aromatic nitrogens is 2. The molecule has 24 heavy (non-hydrogen) atoms. The fourth-order valence-electron chi connectivity index (χ4n) is 3.24. The summed E-state index contributed by atoms with van der Waals surface area (Å²) in [7, 11) is 0. The third-order valence-electron chi connectivity index (χ3n) is 4.28. The van der Waals surface area contributed by atoms with Gasteiger partial charge in [0.25, 0.3) is 0 Å². The van der Waals surface area contributed by atoms with Crippen molar-refractivity contribution in [3.63, 3.8) is 0 Å². The summed E-state index contributed by atoms with van der Waals surface area (Å²) in [6.07, 6.45) is 0.888. The Morgan fingerprint density at radius 2 is 2.04 bits per heavy atom. The van der Waals surface area contributed by atoms with Gasteiger partial charge in [0.2, 0.25) is 0 Å². The Balaban J connectivity index is 2.12. The van der Waals surface area contributed by atoms with Gasteiger partial charge in [0.1, 0.15) is 5.75 Å². The second kappa shape index (κ2) is 5.64. The third kappa shape index (κ3) is 2.31. The van der Waals surface area contributed by atoms with E-state index in [0.717, 1.165) is 34.2 Å². The van der Waals surface area contributed by atoms with Gasteiger partial charge in [-0.2, -0.15) is 4.98 Å². The molecule has 0 radical (unpaired) electrons. The van der Waals surface area contributed by atoms with E-state index < -0.39 is 0 Å². The smallest absolute Gasteiger partial charge is 0.348 e. The van der Waals surface area contributed by atoms with Gasteiger partial charge < -0.3 is 4.74 Å². The summed E-state index contributed by atoms with van der Waals surface area (Å²) in [5.74, 6) is 0.856. The SMILES string of the molecule is C=C(C)Cn1c(=O)nc(-c2ccccc2)c2c3c(ccc21)CCO3. The molecule has 4 nitrogen and oxygen atoms in total. The molecule has 0 N–H and O–H groups in total. The minimum atomic E-state index is -0.262. The van der Waals surface area contributed by atoms with E-state index in [4.69, 9.17) is 4.74 Å². The monoisotopic (exact) mass is 318 g/mol. The fourth-order valence-corrected chi connectivity index (χ4v) is 3.24. The number of benzene rings is 2. The van der Waals surface area contributed by atoms with E-state index in [-0.39, 0.29) is 5.69 Å². The quantitative estimate of drug-likeness (QED) is 0.693. The van der Waals surface area contributed by atoms with Crippen LogP contribution in [-0.4, -0.2) is 16.2 Å². The van der Waals surface area contributed by atoms with E-state index in [2.05, 4.69) is 11.6 Å². The molecule has 0 atom stereocenters. The Labute approximate surface area is 140 Å². The van der Waals surface area contributed by atoms with Crippen molar-refractivity contribution >= 4 is 10.9 Å². The second-order valence-electron chi connectivity index (χ2n) is 6.20. The van der Waals surface area contributed by atoms with Crippen LogP contribution < -0.4 is 10.4 Å². The maximum atomic E-state index is 12.6. The highest BCUT2D eigenvalue weighted by Crippen LogP contribution is 2.38. The van der Waals surface area contributed by atoms with Crippen molar-refractivity contribution in [2.24, 2.45) is 0 Å². The lowest BCUT2D eigenvalue weighted by molar-refractivity contribution is 0.360. The first-order valence-electron chi connectivity index (χ1n) is 8.04. The van der Waals surface area contributed by atoms with Crippen molar-refractivity contribution in [1.29, 1.82) is 0 Å². The first-order chi connectivity index (χ1) is 11.6. The Morgan fingerprint density at radius 1 is 1.25 bits per heavy atom. The highest BCUT2D eigenvalue weighted by Gasteiger charge is 2.22. The second-order valence-corrected chi connectivity index (χ2v) is 6.20. The molecule has 0 saturated carbocycles. The van der Waals surface area contributed by atoms with Crippen LogP contribution in [-0.2, 0) is 13.0 Å². The Hall–Kier alpha value is -2.88. The van der Waals surface area contributed by atoms with Crippen LogP contribution in [0.15, 0.2) is 59.4 Å². The summed E-state index contributed by atoms with van der Waals surface area (Å²) in [4.78, 5) is 17.0. The first-order valence-corrected chi connectivity index (χ1v) is 8.04. The lowest BCUT2D eigenvalue weighted by Crippen LogP contribution is -2.24. The number of hydrogen-bond acceptors (Lipinski definition) is 3. The molecule has 0 aliphatic carbocycles. The molecule has 2 heterocycles. The molecular formula is C20H18N2O2. The van der Waals surface area contributed by atoms with E-state index in [1.54, 1.807) is 4.57 Å². The minimum absolute atomic E-state index is 0.262. The third-order valence-corrected chi connectivity index (χ3v) is 4.28. The molecule has 0 amide bonds. The van der Waals surface area contributed by atoms with Crippen molar-refractivity contribution < 1.29 is 4.74 Å². The molecule has 4 rings (SSSR count). The van der Waals surface area contributed by atoms with Crippen LogP contribution in [0.1, 0.15) is 12.5 Å². The summed E-state index contributed by atoms with van der Waals surface area (Å²) in [6, 6.07) is 13.8. The van der Waals surface area contributed by atoms with Crippen LogP contribution in [0.5, 0.6) is 5.75 Å². The van der Waals surface area contributed by atoms with E-state index in [1.165, 1.54) is 5.56 Å². The van der Waals surface area contributed by atoms with Gasteiger partial charge in [0.15, 0.2) is 0 Å². The van der Waals surface area contributed by atoms with E-state index >= 15 is 0 Å². The minimum Gasteiger partial charge on any atom is -0.492 e. The van der Waals surface area contributed by atoms with Gasteiger partial charge in [-0.25, -0.2) is 4.79 Å². The Bertz CT molecular complexity index is 1000. The zero-order chi connectivity index (χ0) is 16.7. The molecular weight excluding hydrogens is 300 g/mol. The van der Waals surface area contributed by atoms with Crippen molar-refractivity contribution in [2.75, 3.05) is 6.61 Å². The van der Waals surface area contributed by atoms with Crippen molar-refractivity contribution in [1.82, 2.24) is 9.55 Å². The van der Waals surface area contributed by atoms with E-state index in [1.807, 2.05) is 49.4 Å². The maximum absolute atomic E-state index is 12.6. The molecule has 0 fully saturated rings. The largest absolute Gasteiger partial charge is 0.492 e. The highest BCUT2D eigenvalue weighted by atomic mass is 16.5. The van der Waals surface area contributed by atoms with Gasteiger partial charge in [-0.15, -0.1) is 0 Å². The molecule has 0 spiro atoms. The fraction of sp³-hybridized carbons (Fsp3) is 0.200. The van der Waals surface area contributed by atoms with Gasteiger partial charge in [0, 0.05) is 18.5 Å². The van der Waals surface area contributed by atoms with Crippen molar-refractivity contribution in [2.45, 2.75) is 19.9 Å². The highest BCUT2D eigenvalue weighted by molar-refractivity contribution is 5.98. The molecule has 0 saturated heterocycles. The van der Waals surface area contributed by atoms with E-state index in [0.29, 0.717) is 18.8 Å². The van der Waals surface area contributed by atoms with Gasteiger partial charge in [0.05, 0.1) is 23.2 Å². The number of allylic oxidation sites excluding steroid dienone is 1. The topological polar surface area (TPSA) is 44.1 Å². The molecule has 4 heteroatoms. The predicted octanol–water partition coefficient (Wildman–Crippen LogP) is 3.57. The zero-order valence-corrected chi connectivity index (χ0v) is 13.6. The normalized spacial score (nSPS) is 12.9. The molecule has 0 unspecified atom stereocenters. The van der Waals surface area contributed by atoms with Gasteiger partial charge in [-0.1, -0.05) is 48.6 Å². The predicted molar refractivity (Wildman–Crippen MR) is 95.5 cm³/mol. The lowest BCUT2D eigenvalue weighted by atomic mass is 10.0. The Morgan fingerprint density at radius 3 is 2.79 bits per heavy atom. The molecule has 2 aromatic carbocycles. The van der Waals surface area contributed by atoms with Crippen LogP contribution in [0.3, 0.4) is 0 Å². The zero-order valence-electron chi connectivity index (χ0n) is 13.6. The summed E-state index contributed by atoms with van der Waals surface area (Å²) < 4.78 is 7.57. The molecule has 1 aliphatic rings. The number of nitrogens with zero attached hydrogens (tertiary/aromatic N) is 2. The van der Waals surface area contributed by atoms with Crippen molar-refractivity contribution in [3.05, 3.63) is 70.7 Å². The van der Waals surface area contributed by atoms with Crippen LogP contribution >= 0.6 is 0 Å². The van der Waals surface area contributed by atoms with Crippen LogP contribution in [0.2, 0.25) is 0 Å². The van der Waals surface area contributed by atoms with Crippen LogP contribution in [0, 0.1) is 0 Å². The van der Waals surface area contributed by atoms with Gasteiger partial charge >= 0.3 is 5.69 Å². The number of fused-ring (bicyclic) bond motifs is 3. The van der Waals surface area contributed by atoms with Crippen molar-refractivity contribution in [3.8, 4) is 17.0 Å². The molecule has 1 aromatic heterocycles.